The fraction of sp³-hybridized carbons (Fsp3) is 0.625. The van der Waals surface area contributed by atoms with Gasteiger partial charge in [-0.1, -0.05) is 0 Å². The number of ether oxygens (including phenoxy) is 3. The highest BCUT2D eigenvalue weighted by atomic mass is 31.2. The van der Waals surface area contributed by atoms with E-state index in [9.17, 15) is 35.7 Å². The monoisotopic (exact) mass is 392 g/mol. The third-order valence-corrected chi connectivity index (χ3v) is 2.68. The molecule has 0 fully saturated rings. The van der Waals surface area contributed by atoms with Gasteiger partial charge in [0.1, 0.15) is 6.10 Å². The molecule has 1 rings (SSSR count). The third-order valence-electron chi connectivity index (χ3n) is 2.14. The van der Waals surface area contributed by atoms with Crippen molar-refractivity contribution in [3.8, 4) is 0 Å². The van der Waals surface area contributed by atoms with Gasteiger partial charge >= 0.3 is 26.5 Å². The Bertz CT molecular complexity index is 563. The molecule has 0 aromatic rings. The summed E-state index contributed by atoms with van der Waals surface area (Å²) in [6.07, 6.45) is -16.2. The second-order valence-electron chi connectivity index (χ2n) is 3.93. The first-order chi connectivity index (χ1) is 10.6. The fourth-order valence-electron chi connectivity index (χ4n) is 1.49. The van der Waals surface area contributed by atoms with E-state index in [0.717, 1.165) is 0 Å². The molecule has 9 nitrogen and oxygen atoms in total. The summed E-state index contributed by atoms with van der Waals surface area (Å²) >= 11 is 0. The van der Waals surface area contributed by atoms with Crippen LogP contribution in [0, 0.1) is 0 Å². The second-order valence-corrected chi connectivity index (χ2v) is 5.12. The van der Waals surface area contributed by atoms with Crippen LogP contribution in [0.5, 0.6) is 0 Å². The SMILES string of the molecule is O=C1O[C@H]([C@H](CO)OP(=O)(O)O)C(OC(F)(F)F)=C1OC(F)(F)F. The van der Waals surface area contributed by atoms with E-state index in [1.807, 2.05) is 0 Å². The highest BCUT2D eigenvalue weighted by molar-refractivity contribution is 7.46. The van der Waals surface area contributed by atoms with Crippen molar-refractivity contribution in [3.63, 3.8) is 0 Å². The lowest BCUT2D eigenvalue weighted by atomic mass is 10.2. The van der Waals surface area contributed by atoms with Crippen molar-refractivity contribution < 1.29 is 69.3 Å². The standard InChI is InChI=1S/C8H7F6O9P/c9-7(10,11)21-4-3(2(1-15)23-24(17,18)19)20-6(16)5(4)22-8(12,13)14/h2-3,15H,1H2,(H2,17,18,19)/t2-,3+/m0/s1. The van der Waals surface area contributed by atoms with Crippen LogP contribution in [0.4, 0.5) is 26.3 Å². The Hall–Kier alpha value is -1.54. The summed E-state index contributed by atoms with van der Waals surface area (Å²) < 4.78 is 98.3. The van der Waals surface area contributed by atoms with Crippen LogP contribution < -0.4 is 0 Å². The number of aliphatic hydroxyl groups is 1. The number of carbonyl (C=O) groups excluding carboxylic acids is 1. The van der Waals surface area contributed by atoms with Gasteiger partial charge in [-0.05, 0) is 0 Å². The molecule has 0 aromatic carbocycles. The molecule has 0 unspecified atom stereocenters. The smallest absolute Gasteiger partial charge is 0.445 e. The zero-order valence-corrected chi connectivity index (χ0v) is 11.8. The lowest BCUT2D eigenvalue weighted by Crippen LogP contribution is -2.36. The molecule has 16 heteroatoms. The number of phosphoric acid groups is 1. The average Bonchev–Trinajstić information content (AvgIpc) is 2.60. The molecular weight excluding hydrogens is 385 g/mol. The van der Waals surface area contributed by atoms with E-state index in [0.29, 0.717) is 0 Å². The molecule has 1 aliphatic rings. The Morgan fingerprint density at radius 2 is 1.62 bits per heavy atom. The minimum absolute atomic E-state index is 1.45. The van der Waals surface area contributed by atoms with Gasteiger partial charge in [0, 0.05) is 0 Å². The lowest BCUT2D eigenvalue weighted by molar-refractivity contribution is -0.321. The van der Waals surface area contributed by atoms with Crippen molar-refractivity contribution >= 4 is 13.8 Å². The quantitative estimate of drug-likeness (QED) is 0.339. The average molecular weight is 392 g/mol. The maximum absolute atomic E-state index is 12.3. The van der Waals surface area contributed by atoms with Gasteiger partial charge in [-0.2, -0.15) is 0 Å². The number of halogens is 6. The van der Waals surface area contributed by atoms with E-state index >= 15 is 0 Å². The number of cyclic esters (lactones) is 1. The largest absolute Gasteiger partial charge is 0.573 e. The van der Waals surface area contributed by atoms with Crippen LogP contribution in [0.2, 0.25) is 0 Å². The maximum atomic E-state index is 12.3. The Labute approximate surface area is 127 Å². The number of phosphoric ester groups is 1. The summed E-state index contributed by atoms with van der Waals surface area (Å²) in [5.41, 5.74) is 0. The normalized spacial score (nSPS) is 20.9. The maximum Gasteiger partial charge on any atom is 0.573 e. The summed E-state index contributed by atoms with van der Waals surface area (Å²) in [5, 5.41) is 8.89. The van der Waals surface area contributed by atoms with Gasteiger partial charge in [0.15, 0.2) is 11.9 Å². The molecule has 0 aromatic heterocycles. The van der Waals surface area contributed by atoms with Crippen LogP contribution in [-0.4, -0.2) is 52.4 Å². The van der Waals surface area contributed by atoms with Gasteiger partial charge in [0.25, 0.3) is 5.76 Å². The van der Waals surface area contributed by atoms with Crippen molar-refractivity contribution in [2.75, 3.05) is 6.61 Å². The van der Waals surface area contributed by atoms with Crippen LogP contribution in [0.1, 0.15) is 0 Å². The van der Waals surface area contributed by atoms with Crippen LogP contribution in [0.3, 0.4) is 0 Å². The highest BCUT2D eigenvalue weighted by Crippen LogP contribution is 2.42. The third kappa shape index (κ3) is 6.16. The Balaban J connectivity index is 3.27. The molecule has 0 saturated carbocycles. The van der Waals surface area contributed by atoms with E-state index in [1.54, 1.807) is 0 Å². The predicted octanol–water partition coefficient (Wildman–Crippen LogP) is 0.666. The Kier molecular flexibility index (Phi) is 5.77. The molecule has 0 spiro atoms. The molecule has 0 amide bonds. The summed E-state index contributed by atoms with van der Waals surface area (Å²) in [6, 6.07) is 0. The van der Waals surface area contributed by atoms with E-state index < -0.39 is 56.8 Å². The van der Waals surface area contributed by atoms with Crippen molar-refractivity contribution in [1.29, 1.82) is 0 Å². The molecule has 140 valence electrons. The van der Waals surface area contributed by atoms with Gasteiger partial charge in [0.05, 0.1) is 6.61 Å². The summed E-state index contributed by atoms with van der Waals surface area (Å²) in [4.78, 5) is 28.4. The number of hydrogen-bond acceptors (Lipinski definition) is 7. The van der Waals surface area contributed by atoms with Crippen LogP contribution >= 0.6 is 7.82 Å². The molecule has 1 aliphatic heterocycles. The first kappa shape index (κ1) is 20.5. The van der Waals surface area contributed by atoms with E-state index in [4.69, 9.17) is 14.9 Å². The molecule has 0 radical (unpaired) electrons. The van der Waals surface area contributed by atoms with E-state index in [2.05, 4.69) is 18.7 Å². The topological polar surface area (TPSA) is 132 Å². The number of rotatable bonds is 6. The van der Waals surface area contributed by atoms with Crippen molar-refractivity contribution in [3.05, 3.63) is 11.5 Å². The highest BCUT2D eigenvalue weighted by Gasteiger charge is 2.51. The zero-order valence-electron chi connectivity index (χ0n) is 10.9. The number of aliphatic hydroxyl groups excluding tert-OH is 1. The predicted molar refractivity (Wildman–Crippen MR) is 55.2 cm³/mol. The summed E-state index contributed by atoms with van der Waals surface area (Å²) in [7, 11) is -5.42. The molecule has 0 aliphatic carbocycles. The first-order valence-electron chi connectivity index (χ1n) is 5.44. The number of esters is 1. The lowest BCUT2D eigenvalue weighted by Gasteiger charge is -2.23. The Morgan fingerprint density at radius 3 is 2.00 bits per heavy atom. The molecule has 3 N–H and O–H groups in total. The Morgan fingerprint density at radius 1 is 1.12 bits per heavy atom. The zero-order chi connectivity index (χ0) is 18.9. The molecule has 0 bridgehead atoms. The number of carbonyl (C=O) groups is 1. The van der Waals surface area contributed by atoms with Crippen LogP contribution in [0.25, 0.3) is 0 Å². The van der Waals surface area contributed by atoms with Gasteiger partial charge < -0.3 is 29.1 Å². The van der Waals surface area contributed by atoms with Gasteiger partial charge in [0.2, 0.25) is 0 Å². The minimum atomic E-state index is -5.62. The van der Waals surface area contributed by atoms with E-state index in [1.165, 1.54) is 0 Å². The van der Waals surface area contributed by atoms with Crippen LogP contribution in [-0.2, 0) is 28.1 Å². The van der Waals surface area contributed by atoms with Gasteiger partial charge in [-0.3, -0.25) is 4.52 Å². The van der Waals surface area contributed by atoms with Gasteiger partial charge in [-0.15, -0.1) is 26.3 Å². The van der Waals surface area contributed by atoms with Gasteiger partial charge in [-0.25, -0.2) is 9.36 Å². The fourth-order valence-corrected chi connectivity index (χ4v) is 2.02. The number of alkyl halides is 6. The van der Waals surface area contributed by atoms with Crippen LogP contribution in [0.15, 0.2) is 11.5 Å². The molecule has 1 heterocycles. The second kappa shape index (κ2) is 6.76. The molecule has 2 atom stereocenters. The van der Waals surface area contributed by atoms with E-state index in [-0.39, 0.29) is 0 Å². The molecular formula is C8H7F6O9P. The minimum Gasteiger partial charge on any atom is -0.445 e. The summed E-state index contributed by atoms with van der Waals surface area (Å²) in [5.74, 6) is -6.06. The number of hydrogen-bond donors (Lipinski definition) is 3. The summed E-state index contributed by atoms with van der Waals surface area (Å²) in [6.45, 7) is -1.45. The first-order valence-corrected chi connectivity index (χ1v) is 6.97. The molecule has 24 heavy (non-hydrogen) atoms. The molecule has 0 saturated heterocycles. The van der Waals surface area contributed by atoms with Crippen molar-refractivity contribution in [1.82, 2.24) is 0 Å². The van der Waals surface area contributed by atoms with Crippen molar-refractivity contribution in [2.45, 2.75) is 24.9 Å². The van der Waals surface area contributed by atoms with Crippen molar-refractivity contribution in [2.24, 2.45) is 0 Å².